The van der Waals surface area contributed by atoms with E-state index in [-0.39, 0.29) is 5.78 Å². The summed E-state index contributed by atoms with van der Waals surface area (Å²) in [5, 5.41) is -0.581. The number of ketones is 1. The SMILES string of the molecule is COC1C(=O)C(Cl)[C@]2(C)CC[C@@]1(C)O2. The summed E-state index contributed by atoms with van der Waals surface area (Å²) >= 11 is 6.08. The molecule has 0 aromatic rings. The summed E-state index contributed by atoms with van der Waals surface area (Å²) in [6, 6.07) is 0. The number of carbonyl (C=O) groups excluding carboxylic acids is 1. The Morgan fingerprint density at radius 2 is 2.00 bits per heavy atom. The number of Topliss-reactive ketones (excluding diaryl/α,β-unsaturated/α-hetero) is 1. The second kappa shape index (κ2) is 2.94. The number of carbonyl (C=O) groups is 1. The topological polar surface area (TPSA) is 35.5 Å². The van der Waals surface area contributed by atoms with Gasteiger partial charge in [0, 0.05) is 7.11 Å². The van der Waals surface area contributed by atoms with Gasteiger partial charge in [0.1, 0.15) is 11.5 Å². The van der Waals surface area contributed by atoms with Crippen LogP contribution in [0.4, 0.5) is 0 Å². The summed E-state index contributed by atoms with van der Waals surface area (Å²) in [5.41, 5.74) is -0.978. The summed E-state index contributed by atoms with van der Waals surface area (Å²) < 4.78 is 11.1. The highest BCUT2D eigenvalue weighted by molar-refractivity contribution is 6.33. The second-order valence-electron chi connectivity index (χ2n) is 4.61. The van der Waals surface area contributed by atoms with Crippen LogP contribution in [0.1, 0.15) is 26.7 Å². The van der Waals surface area contributed by atoms with E-state index in [0.29, 0.717) is 0 Å². The molecule has 2 heterocycles. The van der Waals surface area contributed by atoms with Crippen molar-refractivity contribution >= 4 is 17.4 Å². The van der Waals surface area contributed by atoms with Crippen LogP contribution < -0.4 is 0 Å². The molecule has 2 bridgehead atoms. The minimum Gasteiger partial charge on any atom is -0.371 e. The lowest BCUT2D eigenvalue weighted by Gasteiger charge is -2.42. The van der Waals surface area contributed by atoms with Crippen molar-refractivity contribution in [2.24, 2.45) is 0 Å². The molecular weight excluding hydrogens is 204 g/mol. The third-order valence-corrected chi connectivity index (χ3v) is 4.10. The molecule has 2 aliphatic rings. The van der Waals surface area contributed by atoms with Gasteiger partial charge >= 0.3 is 0 Å². The van der Waals surface area contributed by atoms with E-state index in [1.54, 1.807) is 0 Å². The van der Waals surface area contributed by atoms with Gasteiger partial charge in [0.25, 0.3) is 0 Å². The summed E-state index contributed by atoms with van der Waals surface area (Å²) in [7, 11) is 1.53. The first kappa shape index (κ1) is 10.4. The molecule has 2 rings (SSSR count). The van der Waals surface area contributed by atoms with Crippen LogP contribution in [0.5, 0.6) is 0 Å². The van der Waals surface area contributed by atoms with Gasteiger partial charge in [0.2, 0.25) is 0 Å². The molecular formula is C10H15ClO3. The van der Waals surface area contributed by atoms with Crippen molar-refractivity contribution in [2.45, 2.75) is 49.4 Å². The smallest absolute Gasteiger partial charge is 0.185 e. The molecule has 0 radical (unpaired) electrons. The number of rotatable bonds is 1. The summed E-state index contributed by atoms with van der Waals surface area (Å²) in [6.07, 6.45) is 1.14. The van der Waals surface area contributed by atoms with Crippen LogP contribution in [0.15, 0.2) is 0 Å². The molecule has 0 saturated carbocycles. The molecule has 0 N–H and O–H groups in total. The van der Waals surface area contributed by atoms with Gasteiger partial charge in [-0.3, -0.25) is 4.79 Å². The Balaban J connectivity index is 2.38. The standard InChI is InChI=1S/C10H15ClO3/c1-9-4-5-10(2,14-9)8(13-3)6(12)7(9)11/h7-8H,4-5H2,1-3H3/t7?,8?,9-,10+/m0/s1. The lowest BCUT2D eigenvalue weighted by Crippen LogP contribution is -2.59. The van der Waals surface area contributed by atoms with Crippen molar-refractivity contribution in [1.29, 1.82) is 0 Å². The first-order chi connectivity index (χ1) is 6.43. The maximum atomic E-state index is 11.9. The van der Waals surface area contributed by atoms with Gasteiger partial charge in [-0.2, -0.15) is 0 Å². The van der Waals surface area contributed by atoms with E-state index in [0.717, 1.165) is 12.8 Å². The molecule has 2 aliphatic heterocycles. The first-order valence-corrected chi connectivity index (χ1v) is 5.27. The zero-order chi connectivity index (χ0) is 10.6. The predicted octanol–water partition coefficient (Wildman–Crippen LogP) is 1.52. The highest BCUT2D eigenvalue weighted by Gasteiger charge is 2.61. The maximum Gasteiger partial charge on any atom is 0.185 e. The largest absolute Gasteiger partial charge is 0.371 e. The van der Waals surface area contributed by atoms with Crippen molar-refractivity contribution < 1.29 is 14.3 Å². The highest BCUT2D eigenvalue weighted by atomic mass is 35.5. The third-order valence-electron chi connectivity index (χ3n) is 3.42. The van der Waals surface area contributed by atoms with E-state index in [1.807, 2.05) is 13.8 Å². The van der Waals surface area contributed by atoms with Gasteiger partial charge in [-0.1, -0.05) is 0 Å². The first-order valence-electron chi connectivity index (χ1n) is 4.84. The molecule has 0 aliphatic carbocycles. The fraction of sp³-hybridized carbons (Fsp3) is 0.900. The monoisotopic (exact) mass is 218 g/mol. The molecule has 2 saturated heterocycles. The minimum absolute atomic E-state index is 0.0390. The van der Waals surface area contributed by atoms with Crippen LogP contribution in [0.3, 0.4) is 0 Å². The molecule has 14 heavy (non-hydrogen) atoms. The molecule has 0 spiro atoms. The summed E-state index contributed by atoms with van der Waals surface area (Å²) in [4.78, 5) is 11.9. The van der Waals surface area contributed by atoms with Gasteiger partial charge in [0.05, 0.1) is 11.2 Å². The molecule has 2 fully saturated rings. The Morgan fingerprint density at radius 3 is 2.57 bits per heavy atom. The van der Waals surface area contributed by atoms with Crippen molar-refractivity contribution in [1.82, 2.24) is 0 Å². The average Bonchev–Trinajstić information content (AvgIpc) is 2.40. The van der Waals surface area contributed by atoms with Gasteiger partial charge in [-0.15, -0.1) is 11.6 Å². The molecule has 3 nitrogen and oxygen atoms in total. The van der Waals surface area contributed by atoms with Crippen LogP contribution in [-0.2, 0) is 14.3 Å². The lowest BCUT2D eigenvalue weighted by atomic mass is 9.90. The van der Waals surface area contributed by atoms with Crippen LogP contribution in [0, 0.1) is 0 Å². The van der Waals surface area contributed by atoms with E-state index < -0.39 is 22.7 Å². The molecule has 4 atom stereocenters. The number of fused-ring (bicyclic) bond motifs is 2. The predicted molar refractivity (Wildman–Crippen MR) is 52.6 cm³/mol. The van der Waals surface area contributed by atoms with E-state index in [9.17, 15) is 4.79 Å². The molecule has 2 unspecified atom stereocenters. The summed E-state index contributed by atoms with van der Waals surface area (Å²) in [5.74, 6) is -0.0390. The molecule has 0 aromatic carbocycles. The van der Waals surface area contributed by atoms with Gasteiger partial charge in [-0.05, 0) is 26.7 Å². The molecule has 0 amide bonds. The van der Waals surface area contributed by atoms with Crippen molar-refractivity contribution in [3.63, 3.8) is 0 Å². The summed E-state index contributed by atoms with van der Waals surface area (Å²) in [6.45, 7) is 3.83. The molecule has 80 valence electrons. The Kier molecular flexibility index (Phi) is 2.18. The van der Waals surface area contributed by atoms with Crippen molar-refractivity contribution in [3.8, 4) is 0 Å². The number of ether oxygens (including phenoxy) is 2. The van der Waals surface area contributed by atoms with Gasteiger partial charge in [0.15, 0.2) is 5.78 Å². The minimum atomic E-state index is -0.581. The molecule has 4 heteroatoms. The Morgan fingerprint density at radius 1 is 1.43 bits per heavy atom. The normalized spacial score (nSPS) is 52.4. The van der Waals surface area contributed by atoms with Crippen LogP contribution in [-0.4, -0.2) is 35.6 Å². The van der Waals surface area contributed by atoms with E-state index in [1.165, 1.54) is 7.11 Å². The fourth-order valence-corrected chi connectivity index (χ4v) is 2.86. The number of hydrogen-bond acceptors (Lipinski definition) is 3. The van der Waals surface area contributed by atoms with Crippen LogP contribution in [0.25, 0.3) is 0 Å². The lowest BCUT2D eigenvalue weighted by molar-refractivity contribution is -0.188. The number of hydrogen-bond donors (Lipinski definition) is 0. The fourth-order valence-electron chi connectivity index (χ4n) is 2.59. The van der Waals surface area contributed by atoms with Crippen LogP contribution >= 0.6 is 11.6 Å². The highest BCUT2D eigenvalue weighted by Crippen LogP contribution is 2.49. The quantitative estimate of drug-likeness (QED) is 0.626. The van der Waals surface area contributed by atoms with E-state index in [4.69, 9.17) is 21.1 Å². The zero-order valence-corrected chi connectivity index (χ0v) is 9.43. The second-order valence-corrected chi connectivity index (χ2v) is 5.04. The van der Waals surface area contributed by atoms with Crippen LogP contribution in [0.2, 0.25) is 0 Å². The Labute approximate surface area is 88.7 Å². The van der Waals surface area contributed by atoms with Crippen molar-refractivity contribution in [3.05, 3.63) is 0 Å². The van der Waals surface area contributed by atoms with E-state index in [2.05, 4.69) is 0 Å². The third kappa shape index (κ3) is 1.16. The van der Waals surface area contributed by atoms with Gasteiger partial charge in [-0.25, -0.2) is 0 Å². The van der Waals surface area contributed by atoms with Crippen molar-refractivity contribution in [2.75, 3.05) is 7.11 Å². The number of methoxy groups -OCH3 is 1. The average molecular weight is 219 g/mol. The Hall–Kier alpha value is -0.120. The Bertz CT molecular complexity index is 281. The maximum absolute atomic E-state index is 11.9. The van der Waals surface area contributed by atoms with Gasteiger partial charge < -0.3 is 9.47 Å². The zero-order valence-electron chi connectivity index (χ0n) is 8.67. The number of alkyl halides is 1. The molecule has 0 aromatic heterocycles. The van der Waals surface area contributed by atoms with E-state index >= 15 is 0 Å². The number of halogens is 1.